The third kappa shape index (κ3) is 2.90. The number of carbonyl (C=O) groups is 1. The summed E-state index contributed by atoms with van der Waals surface area (Å²) in [5.74, 6) is -0.131. The molecule has 1 rings (SSSR count). The Morgan fingerprint density at radius 1 is 1.36 bits per heavy atom. The fraction of sp³-hybridized carbons (Fsp3) is 0.0833. The first-order valence-electron chi connectivity index (χ1n) is 4.42. The van der Waals surface area contributed by atoms with Gasteiger partial charge in [-0.3, -0.25) is 4.79 Å². The molecule has 0 unspecified atom stereocenters. The Balaban J connectivity index is 2.64. The van der Waals surface area contributed by atoms with E-state index in [9.17, 15) is 4.79 Å². The zero-order chi connectivity index (χ0) is 10.4. The van der Waals surface area contributed by atoms with E-state index >= 15 is 0 Å². The number of allylic oxidation sites excluding steroid dienone is 2. The first-order chi connectivity index (χ1) is 6.74. The fourth-order valence-corrected chi connectivity index (χ4v) is 1.05. The molecule has 1 amide bonds. The van der Waals surface area contributed by atoms with E-state index in [0.717, 1.165) is 0 Å². The summed E-state index contributed by atoms with van der Waals surface area (Å²) in [5, 5.41) is 2.68. The topological polar surface area (TPSA) is 29.1 Å². The van der Waals surface area contributed by atoms with Gasteiger partial charge >= 0.3 is 0 Å². The molecule has 2 heteroatoms. The smallest absolute Gasteiger partial charge is 0.255 e. The molecule has 14 heavy (non-hydrogen) atoms. The Kier molecular flexibility index (Phi) is 3.68. The molecule has 0 heterocycles. The average Bonchev–Trinajstić information content (AvgIpc) is 2.19. The number of hydrogen-bond donors (Lipinski definition) is 1. The van der Waals surface area contributed by atoms with E-state index in [1.165, 1.54) is 0 Å². The first kappa shape index (κ1) is 10.3. The Bertz CT molecular complexity index is 352. The lowest BCUT2D eigenvalue weighted by Gasteiger charge is -2.03. The van der Waals surface area contributed by atoms with Gasteiger partial charge in [-0.15, -0.1) is 0 Å². The van der Waals surface area contributed by atoms with Gasteiger partial charge in [-0.1, -0.05) is 30.9 Å². The summed E-state index contributed by atoms with van der Waals surface area (Å²) in [5.41, 5.74) is 1.24. The Labute approximate surface area is 84.0 Å². The summed E-state index contributed by atoms with van der Waals surface area (Å²) in [7, 11) is 0. The summed E-state index contributed by atoms with van der Waals surface area (Å²) >= 11 is 0. The number of benzene rings is 1. The van der Waals surface area contributed by atoms with Crippen LogP contribution in [0.15, 0.2) is 54.8 Å². The monoisotopic (exact) mass is 187 g/mol. The van der Waals surface area contributed by atoms with Crippen LogP contribution in [-0.2, 0) is 0 Å². The highest BCUT2D eigenvalue weighted by Crippen LogP contribution is 1.99. The van der Waals surface area contributed by atoms with Crippen molar-refractivity contribution in [3.63, 3.8) is 0 Å². The van der Waals surface area contributed by atoms with Crippen molar-refractivity contribution in [3.05, 3.63) is 60.3 Å². The summed E-state index contributed by atoms with van der Waals surface area (Å²) in [6.07, 6.45) is 3.58. The molecule has 0 atom stereocenters. The van der Waals surface area contributed by atoms with Crippen LogP contribution in [0, 0.1) is 0 Å². The SMILES string of the molecule is C=C(/C=C\C)NC(=O)c1ccccc1. The van der Waals surface area contributed by atoms with E-state index in [2.05, 4.69) is 11.9 Å². The van der Waals surface area contributed by atoms with Gasteiger partial charge in [0, 0.05) is 11.3 Å². The molecular formula is C12H13NO. The highest BCUT2D eigenvalue weighted by Gasteiger charge is 2.02. The molecule has 1 aromatic carbocycles. The van der Waals surface area contributed by atoms with Crippen molar-refractivity contribution in [3.8, 4) is 0 Å². The average molecular weight is 187 g/mol. The molecule has 1 N–H and O–H groups in total. The van der Waals surface area contributed by atoms with E-state index < -0.39 is 0 Å². The lowest BCUT2D eigenvalue weighted by Crippen LogP contribution is -2.20. The lowest BCUT2D eigenvalue weighted by atomic mass is 10.2. The van der Waals surface area contributed by atoms with Crippen molar-refractivity contribution >= 4 is 5.91 Å². The molecule has 0 bridgehead atoms. The largest absolute Gasteiger partial charge is 0.323 e. The van der Waals surface area contributed by atoms with Crippen LogP contribution in [0.1, 0.15) is 17.3 Å². The van der Waals surface area contributed by atoms with Gasteiger partial charge in [-0.2, -0.15) is 0 Å². The van der Waals surface area contributed by atoms with Crippen LogP contribution in [0.4, 0.5) is 0 Å². The maximum absolute atomic E-state index is 11.5. The normalized spacial score (nSPS) is 10.1. The highest BCUT2D eigenvalue weighted by atomic mass is 16.1. The maximum atomic E-state index is 11.5. The minimum Gasteiger partial charge on any atom is -0.323 e. The molecule has 0 aromatic heterocycles. The third-order valence-electron chi connectivity index (χ3n) is 1.68. The number of carbonyl (C=O) groups excluding carboxylic acids is 1. The predicted octanol–water partition coefficient (Wildman–Crippen LogP) is 2.51. The lowest BCUT2D eigenvalue weighted by molar-refractivity contribution is 0.0967. The Hall–Kier alpha value is -1.83. The van der Waals surface area contributed by atoms with Gasteiger partial charge in [0.25, 0.3) is 5.91 Å². The van der Waals surface area contributed by atoms with Crippen molar-refractivity contribution in [1.29, 1.82) is 0 Å². The second kappa shape index (κ2) is 5.02. The van der Waals surface area contributed by atoms with Crippen molar-refractivity contribution in [2.75, 3.05) is 0 Å². The maximum Gasteiger partial charge on any atom is 0.255 e. The van der Waals surface area contributed by atoms with Gasteiger partial charge in [0.05, 0.1) is 0 Å². The van der Waals surface area contributed by atoms with Gasteiger partial charge in [-0.25, -0.2) is 0 Å². The van der Waals surface area contributed by atoms with Crippen molar-refractivity contribution in [1.82, 2.24) is 5.32 Å². The summed E-state index contributed by atoms with van der Waals surface area (Å²) in [4.78, 5) is 11.5. The highest BCUT2D eigenvalue weighted by molar-refractivity contribution is 5.95. The Morgan fingerprint density at radius 3 is 2.57 bits per heavy atom. The standard InChI is InChI=1S/C12H13NO/c1-3-7-10(2)13-12(14)11-8-5-4-6-9-11/h3-9H,2H2,1H3,(H,13,14)/b7-3-. The molecule has 1 aromatic rings. The molecule has 2 nitrogen and oxygen atoms in total. The van der Waals surface area contributed by atoms with E-state index in [1.54, 1.807) is 18.2 Å². The van der Waals surface area contributed by atoms with Crippen molar-refractivity contribution in [2.45, 2.75) is 6.92 Å². The number of rotatable bonds is 3. The van der Waals surface area contributed by atoms with Crippen molar-refractivity contribution in [2.24, 2.45) is 0 Å². The number of hydrogen-bond acceptors (Lipinski definition) is 1. The molecular weight excluding hydrogens is 174 g/mol. The van der Waals surface area contributed by atoms with Gasteiger partial charge < -0.3 is 5.32 Å². The van der Waals surface area contributed by atoms with Crippen LogP contribution in [0.5, 0.6) is 0 Å². The van der Waals surface area contributed by atoms with E-state index in [4.69, 9.17) is 0 Å². The van der Waals surface area contributed by atoms with Crippen LogP contribution in [-0.4, -0.2) is 5.91 Å². The number of nitrogens with one attached hydrogen (secondary N) is 1. The third-order valence-corrected chi connectivity index (χ3v) is 1.68. The molecule has 0 spiro atoms. The predicted molar refractivity (Wildman–Crippen MR) is 57.9 cm³/mol. The molecule has 72 valence electrons. The van der Waals surface area contributed by atoms with Crippen LogP contribution < -0.4 is 5.32 Å². The summed E-state index contributed by atoms with van der Waals surface area (Å²) < 4.78 is 0. The Morgan fingerprint density at radius 2 is 2.00 bits per heavy atom. The van der Waals surface area contributed by atoms with Crippen LogP contribution in [0.2, 0.25) is 0 Å². The van der Waals surface area contributed by atoms with Crippen LogP contribution in [0.3, 0.4) is 0 Å². The molecule has 0 saturated carbocycles. The van der Waals surface area contributed by atoms with E-state index in [1.807, 2.05) is 31.2 Å². The number of amides is 1. The summed E-state index contributed by atoms with van der Waals surface area (Å²) in [6.45, 7) is 5.57. The minimum absolute atomic E-state index is 0.131. The molecule has 0 aliphatic rings. The first-order valence-corrected chi connectivity index (χ1v) is 4.42. The fourth-order valence-electron chi connectivity index (χ4n) is 1.05. The van der Waals surface area contributed by atoms with Gasteiger partial charge in [0.1, 0.15) is 0 Å². The van der Waals surface area contributed by atoms with Gasteiger partial charge in [0.2, 0.25) is 0 Å². The molecule has 0 aliphatic heterocycles. The molecule has 0 fully saturated rings. The zero-order valence-corrected chi connectivity index (χ0v) is 8.16. The quantitative estimate of drug-likeness (QED) is 0.724. The molecule has 0 aliphatic carbocycles. The van der Waals surface area contributed by atoms with Crippen LogP contribution in [0.25, 0.3) is 0 Å². The van der Waals surface area contributed by atoms with Gasteiger partial charge in [-0.05, 0) is 25.1 Å². The second-order valence-electron chi connectivity index (χ2n) is 2.85. The second-order valence-corrected chi connectivity index (χ2v) is 2.85. The van der Waals surface area contributed by atoms with E-state index in [0.29, 0.717) is 11.3 Å². The van der Waals surface area contributed by atoms with Crippen LogP contribution >= 0.6 is 0 Å². The van der Waals surface area contributed by atoms with Gasteiger partial charge in [0.15, 0.2) is 0 Å². The molecule has 0 radical (unpaired) electrons. The zero-order valence-electron chi connectivity index (χ0n) is 8.16. The minimum atomic E-state index is -0.131. The van der Waals surface area contributed by atoms with E-state index in [-0.39, 0.29) is 5.91 Å². The summed E-state index contributed by atoms with van der Waals surface area (Å²) in [6, 6.07) is 9.05. The molecule has 0 saturated heterocycles. The van der Waals surface area contributed by atoms with Crippen molar-refractivity contribution < 1.29 is 4.79 Å².